The number of rotatable bonds is 6. The van der Waals surface area contributed by atoms with Crippen LogP contribution in [0.1, 0.15) is 22.5 Å². The molecule has 0 saturated heterocycles. The molecule has 3 aromatic carbocycles. The molecule has 5 rings (SSSR count). The van der Waals surface area contributed by atoms with Gasteiger partial charge in [0.2, 0.25) is 5.91 Å². The van der Waals surface area contributed by atoms with Crippen molar-refractivity contribution in [3.05, 3.63) is 124 Å². The molecule has 1 amide bonds. The second kappa shape index (κ2) is 9.82. The summed E-state index contributed by atoms with van der Waals surface area (Å²) < 4.78 is 1.78. The molecule has 1 unspecified atom stereocenters. The summed E-state index contributed by atoms with van der Waals surface area (Å²) in [5.41, 5.74) is 8.56. The monoisotopic (exact) mass is 528 g/mol. The largest absolute Gasteiger partial charge is 0.374 e. The lowest BCUT2D eigenvalue weighted by atomic mass is 9.82. The Labute approximate surface area is 223 Å². The highest BCUT2D eigenvalue weighted by Crippen LogP contribution is 2.40. The van der Waals surface area contributed by atoms with Crippen molar-refractivity contribution in [3.63, 3.8) is 0 Å². The van der Waals surface area contributed by atoms with E-state index in [4.69, 9.17) is 33.9 Å². The standard InChI is InChI=1S/C29H22Cl2N4O2/c1-35-17-33-16-27(35)29(37,19-5-8-21(30)9-6-19)20-7-11-26-25(14-20)24(18-3-2-4-22(31)13-18)15-23(34-26)10-12-28(32)36/h2-17,37H,1H3,(H2,32,36)/b12-10+. The summed E-state index contributed by atoms with van der Waals surface area (Å²) in [5, 5.41) is 14.3. The second-order valence-electron chi connectivity index (χ2n) is 8.68. The van der Waals surface area contributed by atoms with E-state index in [1.54, 1.807) is 53.5 Å². The first-order valence-electron chi connectivity index (χ1n) is 11.4. The van der Waals surface area contributed by atoms with Crippen LogP contribution < -0.4 is 5.73 Å². The molecule has 0 saturated carbocycles. The molecule has 2 aromatic heterocycles. The molecule has 37 heavy (non-hydrogen) atoms. The summed E-state index contributed by atoms with van der Waals surface area (Å²) in [4.78, 5) is 20.3. The summed E-state index contributed by atoms with van der Waals surface area (Å²) in [6.45, 7) is 0. The van der Waals surface area contributed by atoms with Gasteiger partial charge in [0.05, 0.1) is 29.4 Å². The zero-order chi connectivity index (χ0) is 26.2. The van der Waals surface area contributed by atoms with Crippen LogP contribution in [0.2, 0.25) is 10.0 Å². The fourth-order valence-corrected chi connectivity index (χ4v) is 4.79. The molecule has 3 N–H and O–H groups in total. The molecule has 1 atom stereocenters. The molecule has 2 heterocycles. The Kier molecular flexibility index (Phi) is 6.56. The molecule has 5 aromatic rings. The molecular weight excluding hydrogens is 507 g/mol. The van der Waals surface area contributed by atoms with Crippen LogP contribution >= 0.6 is 23.2 Å². The molecule has 0 aliphatic carbocycles. The van der Waals surface area contributed by atoms with Crippen molar-refractivity contribution in [2.45, 2.75) is 5.60 Å². The summed E-state index contributed by atoms with van der Waals surface area (Å²) in [6, 6.07) is 22.0. The van der Waals surface area contributed by atoms with Crippen molar-refractivity contribution < 1.29 is 9.90 Å². The maximum absolute atomic E-state index is 12.3. The number of benzene rings is 3. The molecule has 6 nitrogen and oxygen atoms in total. The molecule has 0 radical (unpaired) electrons. The number of pyridine rings is 1. The molecule has 0 spiro atoms. The normalized spacial score (nSPS) is 13.2. The highest BCUT2D eigenvalue weighted by molar-refractivity contribution is 6.31. The predicted octanol–water partition coefficient (Wildman–Crippen LogP) is 5.72. The van der Waals surface area contributed by atoms with Gasteiger partial charge >= 0.3 is 0 Å². The van der Waals surface area contributed by atoms with Crippen molar-refractivity contribution in [1.29, 1.82) is 0 Å². The number of aliphatic hydroxyl groups is 1. The summed E-state index contributed by atoms with van der Waals surface area (Å²) in [5.74, 6) is -0.564. The van der Waals surface area contributed by atoms with Crippen molar-refractivity contribution in [3.8, 4) is 11.1 Å². The second-order valence-corrected chi connectivity index (χ2v) is 9.55. The van der Waals surface area contributed by atoms with Gasteiger partial charge in [0.25, 0.3) is 0 Å². The lowest BCUT2D eigenvalue weighted by Gasteiger charge is -2.30. The van der Waals surface area contributed by atoms with Crippen LogP contribution in [0.5, 0.6) is 0 Å². The van der Waals surface area contributed by atoms with Gasteiger partial charge < -0.3 is 15.4 Å². The molecule has 0 aliphatic heterocycles. The van der Waals surface area contributed by atoms with Crippen LogP contribution in [-0.2, 0) is 17.4 Å². The van der Waals surface area contributed by atoms with Crippen LogP contribution in [0.3, 0.4) is 0 Å². The maximum Gasteiger partial charge on any atom is 0.241 e. The number of hydrogen-bond acceptors (Lipinski definition) is 4. The third-order valence-electron chi connectivity index (χ3n) is 6.25. The minimum atomic E-state index is -1.53. The summed E-state index contributed by atoms with van der Waals surface area (Å²) >= 11 is 12.5. The maximum atomic E-state index is 12.3. The van der Waals surface area contributed by atoms with Gasteiger partial charge in [-0.2, -0.15) is 0 Å². The van der Waals surface area contributed by atoms with E-state index >= 15 is 0 Å². The quantitative estimate of drug-likeness (QED) is 0.275. The minimum absolute atomic E-state index is 0.564. The molecular formula is C29H22Cl2N4O2. The predicted molar refractivity (Wildman–Crippen MR) is 147 cm³/mol. The Balaban J connectivity index is 1.79. The number of aromatic nitrogens is 3. The number of carbonyl (C=O) groups is 1. The summed E-state index contributed by atoms with van der Waals surface area (Å²) in [7, 11) is 1.83. The molecule has 0 bridgehead atoms. The zero-order valence-electron chi connectivity index (χ0n) is 19.8. The van der Waals surface area contributed by atoms with Crippen LogP contribution in [-0.4, -0.2) is 25.5 Å². The zero-order valence-corrected chi connectivity index (χ0v) is 21.3. The van der Waals surface area contributed by atoms with E-state index in [9.17, 15) is 9.90 Å². The van der Waals surface area contributed by atoms with Crippen molar-refractivity contribution in [2.24, 2.45) is 12.8 Å². The first-order valence-corrected chi connectivity index (χ1v) is 12.2. The Hall–Kier alpha value is -3.97. The number of imidazole rings is 1. The third-order valence-corrected chi connectivity index (χ3v) is 6.74. The lowest BCUT2D eigenvalue weighted by molar-refractivity contribution is -0.113. The minimum Gasteiger partial charge on any atom is -0.374 e. The average molecular weight is 529 g/mol. The van der Waals surface area contributed by atoms with Gasteiger partial charge in [-0.3, -0.25) is 4.79 Å². The van der Waals surface area contributed by atoms with E-state index in [1.807, 2.05) is 49.5 Å². The van der Waals surface area contributed by atoms with Gasteiger partial charge in [0, 0.05) is 28.6 Å². The number of nitrogens with two attached hydrogens (primary N) is 1. The van der Waals surface area contributed by atoms with E-state index in [0.29, 0.717) is 38.1 Å². The fourth-order valence-electron chi connectivity index (χ4n) is 4.48. The van der Waals surface area contributed by atoms with E-state index in [0.717, 1.165) is 16.5 Å². The smallest absolute Gasteiger partial charge is 0.241 e. The van der Waals surface area contributed by atoms with Crippen molar-refractivity contribution in [2.75, 3.05) is 0 Å². The third kappa shape index (κ3) is 4.74. The Morgan fingerprint density at radius 1 is 1.00 bits per heavy atom. The summed E-state index contributed by atoms with van der Waals surface area (Å²) in [6.07, 6.45) is 6.13. The number of primary amides is 1. The number of halogens is 2. The number of aryl methyl sites for hydroxylation is 1. The first kappa shape index (κ1) is 24.7. The highest BCUT2D eigenvalue weighted by Gasteiger charge is 2.37. The van der Waals surface area contributed by atoms with Gasteiger partial charge in [0.1, 0.15) is 0 Å². The number of nitrogens with zero attached hydrogens (tertiary/aromatic N) is 3. The highest BCUT2D eigenvalue weighted by atomic mass is 35.5. The van der Waals surface area contributed by atoms with Gasteiger partial charge in [-0.15, -0.1) is 0 Å². The Bertz CT molecular complexity index is 1660. The van der Waals surface area contributed by atoms with Gasteiger partial charge in [-0.1, -0.05) is 53.5 Å². The fraction of sp³-hybridized carbons (Fsp3) is 0.0690. The molecule has 0 fully saturated rings. The van der Waals surface area contributed by atoms with Crippen molar-refractivity contribution >= 4 is 46.1 Å². The van der Waals surface area contributed by atoms with E-state index < -0.39 is 11.5 Å². The SMILES string of the molecule is Cn1cncc1C(O)(c1ccc(Cl)cc1)c1ccc2nc(/C=C/C(N)=O)cc(-c3cccc(Cl)c3)c2c1. The average Bonchev–Trinajstić information content (AvgIpc) is 3.33. The molecule has 0 aliphatic rings. The van der Waals surface area contributed by atoms with Crippen LogP contribution in [0.4, 0.5) is 0 Å². The van der Waals surface area contributed by atoms with E-state index in [2.05, 4.69) is 4.98 Å². The lowest BCUT2D eigenvalue weighted by Crippen LogP contribution is -2.31. The first-order chi connectivity index (χ1) is 17.8. The van der Waals surface area contributed by atoms with Gasteiger partial charge in [-0.05, 0) is 70.8 Å². The number of amides is 1. The van der Waals surface area contributed by atoms with E-state index in [-0.39, 0.29) is 0 Å². The Morgan fingerprint density at radius 2 is 1.76 bits per heavy atom. The number of carbonyl (C=O) groups excluding carboxylic acids is 1. The van der Waals surface area contributed by atoms with Crippen LogP contribution in [0.15, 0.2) is 91.4 Å². The molecule has 8 heteroatoms. The van der Waals surface area contributed by atoms with Crippen LogP contribution in [0, 0.1) is 0 Å². The number of hydrogen-bond donors (Lipinski definition) is 2. The van der Waals surface area contributed by atoms with Crippen molar-refractivity contribution in [1.82, 2.24) is 14.5 Å². The van der Waals surface area contributed by atoms with Crippen LogP contribution in [0.25, 0.3) is 28.1 Å². The van der Waals surface area contributed by atoms with E-state index in [1.165, 1.54) is 6.08 Å². The number of fused-ring (bicyclic) bond motifs is 1. The molecule has 184 valence electrons. The van der Waals surface area contributed by atoms with Gasteiger partial charge in [0.15, 0.2) is 5.60 Å². The Morgan fingerprint density at radius 3 is 2.43 bits per heavy atom. The van der Waals surface area contributed by atoms with Gasteiger partial charge in [-0.25, -0.2) is 9.97 Å². The topological polar surface area (TPSA) is 94.0 Å².